The summed E-state index contributed by atoms with van der Waals surface area (Å²) in [5, 5.41) is 0. The second kappa shape index (κ2) is 7.23. The largest absolute Gasteiger partial charge is 0.343 e. The second-order valence-corrected chi connectivity index (χ2v) is 7.42. The molecule has 0 saturated carbocycles. The predicted octanol–water partition coefficient (Wildman–Crippen LogP) is 1.57. The Hall–Kier alpha value is -1.73. The third-order valence-corrected chi connectivity index (χ3v) is 5.58. The van der Waals surface area contributed by atoms with Crippen LogP contribution in [0.2, 0.25) is 0 Å². The molecule has 0 atom stereocenters. The Morgan fingerprint density at radius 2 is 1.74 bits per heavy atom. The Kier molecular flexibility index (Phi) is 5.54. The van der Waals surface area contributed by atoms with E-state index in [1.54, 1.807) is 4.90 Å². The average molecular weight is 338 g/mol. The van der Waals surface area contributed by atoms with Crippen molar-refractivity contribution >= 4 is 21.7 Å². The topological polar surface area (TPSA) is 83.6 Å². The van der Waals surface area contributed by atoms with Gasteiger partial charge >= 0.3 is 0 Å². The summed E-state index contributed by atoms with van der Waals surface area (Å²) >= 11 is 0. The van der Waals surface area contributed by atoms with Crippen LogP contribution in [0.25, 0.3) is 0 Å². The Morgan fingerprint density at radius 3 is 2.22 bits per heavy atom. The number of nitrogens with zero attached hydrogens (tertiary/aromatic N) is 1. The molecule has 1 aliphatic rings. The number of carbonyl (C=O) groups excluding carboxylic acids is 2. The molecule has 1 aliphatic heterocycles. The number of ketones is 1. The molecule has 0 unspecified atom stereocenters. The molecule has 0 aliphatic carbocycles. The van der Waals surface area contributed by atoms with Gasteiger partial charge in [-0.1, -0.05) is 19.1 Å². The number of Topliss-reactive ketones (excluding diaryl/α,β-unsaturated/α-hetero) is 1. The summed E-state index contributed by atoms with van der Waals surface area (Å²) < 4.78 is 27.4. The number of rotatable bonds is 5. The van der Waals surface area contributed by atoms with E-state index in [1.807, 2.05) is 6.92 Å². The Labute approximate surface area is 136 Å². The molecule has 1 fully saturated rings. The highest BCUT2D eigenvalue weighted by Crippen LogP contribution is 2.16. The van der Waals surface area contributed by atoms with E-state index in [9.17, 15) is 18.0 Å². The summed E-state index contributed by atoms with van der Waals surface area (Å²) in [4.78, 5) is 24.8. The number of benzene rings is 1. The van der Waals surface area contributed by atoms with Crippen LogP contribution in [-0.4, -0.2) is 44.1 Å². The van der Waals surface area contributed by atoms with E-state index in [4.69, 9.17) is 0 Å². The molecule has 1 aromatic rings. The molecule has 1 aromatic carbocycles. The average Bonchev–Trinajstić information content (AvgIpc) is 2.54. The summed E-state index contributed by atoms with van der Waals surface area (Å²) in [7, 11) is -3.61. The number of sulfonamides is 1. The molecule has 23 heavy (non-hydrogen) atoms. The third-order valence-electron chi connectivity index (χ3n) is 4.04. The molecule has 126 valence electrons. The molecule has 1 N–H and O–H groups in total. The highest BCUT2D eigenvalue weighted by Gasteiger charge is 2.26. The van der Waals surface area contributed by atoms with Gasteiger partial charge < -0.3 is 4.90 Å². The number of nitrogens with one attached hydrogen (secondary N) is 1. The highest BCUT2D eigenvalue weighted by molar-refractivity contribution is 7.89. The minimum atomic E-state index is -3.61. The monoisotopic (exact) mass is 338 g/mol. The zero-order valence-corrected chi connectivity index (χ0v) is 14.2. The quantitative estimate of drug-likeness (QED) is 0.826. The lowest BCUT2D eigenvalue weighted by Gasteiger charge is -2.32. The van der Waals surface area contributed by atoms with Gasteiger partial charge in [-0.25, -0.2) is 13.1 Å². The van der Waals surface area contributed by atoms with Crippen LogP contribution in [-0.2, 0) is 14.8 Å². The van der Waals surface area contributed by atoms with Gasteiger partial charge in [0.1, 0.15) is 0 Å². The van der Waals surface area contributed by atoms with Gasteiger partial charge in [-0.05, 0) is 31.9 Å². The fraction of sp³-hybridized carbons (Fsp3) is 0.500. The van der Waals surface area contributed by atoms with Gasteiger partial charge in [-0.2, -0.15) is 0 Å². The molecule has 2 rings (SSSR count). The van der Waals surface area contributed by atoms with Crippen molar-refractivity contribution < 1.29 is 18.0 Å². The number of piperidine rings is 1. The molecule has 6 nitrogen and oxygen atoms in total. The van der Waals surface area contributed by atoms with Crippen LogP contribution in [0, 0.1) is 0 Å². The van der Waals surface area contributed by atoms with Crippen molar-refractivity contribution in [3.8, 4) is 0 Å². The van der Waals surface area contributed by atoms with Gasteiger partial charge in [-0.3, -0.25) is 9.59 Å². The van der Waals surface area contributed by atoms with Crippen LogP contribution in [0.3, 0.4) is 0 Å². The van der Waals surface area contributed by atoms with Crippen LogP contribution in [0.15, 0.2) is 29.2 Å². The SMILES string of the molecule is CCC(=O)N1CCC(NS(=O)(=O)c2ccc(C(C)=O)cc2)CC1. The van der Waals surface area contributed by atoms with E-state index in [0.29, 0.717) is 37.9 Å². The Bertz CT molecular complexity index is 675. The lowest BCUT2D eigenvalue weighted by molar-refractivity contribution is -0.131. The van der Waals surface area contributed by atoms with Crippen LogP contribution in [0.1, 0.15) is 43.5 Å². The van der Waals surface area contributed by atoms with Gasteiger partial charge in [0, 0.05) is 31.1 Å². The molecular formula is C16H22N2O4S. The summed E-state index contributed by atoms with van der Waals surface area (Å²) in [6, 6.07) is 5.73. The van der Waals surface area contributed by atoms with E-state index in [1.165, 1.54) is 31.2 Å². The molecule has 1 amide bonds. The standard InChI is InChI=1S/C16H22N2O4S/c1-3-16(20)18-10-8-14(9-11-18)17-23(21,22)15-6-4-13(5-7-15)12(2)19/h4-7,14,17H,3,8-11H2,1-2H3. The normalized spacial score (nSPS) is 16.3. The minimum absolute atomic E-state index is 0.102. The summed E-state index contributed by atoms with van der Waals surface area (Å²) in [5.41, 5.74) is 0.482. The molecule has 1 heterocycles. The molecule has 0 spiro atoms. The van der Waals surface area contributed by atoms with Gasteiger partial charge in [0.25, 0.3) is 0 Å². The smallest absolute Gasteiger partial charge is 0.240 e. The third kappa shape index (κ3) is 4.39. The number of amides is 1. The molecule has 0 aromatic heterocycles. The van der Waals surface area contributed by atoms with Crippen molar-refractivity contribution in [2.75, 3.05) is 13.1 Å². The van der Waals surface area contributed by atoms with Gasteiger partial charge in [0.05, 0.1) is 4.90 Å². The van der Waals surface area contributed by atoms with Crippen molar-refractivity contribution in [2.45, 2.75) is 44.0 Å². The van der Waals surface area contributed by atoms with E-state index in [0.717, 1.165) is 0 Å². The zero-order valence-electron chi connectivity index (χ0n) is 13.4. The Balaban J connectivity index is 1.99. The fourth-order valence-electron chi connectivity index (χ4n) is 2.63. The Morgan fingerprint density at radius 1 is 1.17 bits per heavy atom. The molecule has 7 heteroatoms. The van der Waals surface area contributed by atoms with E-state index in [-0.39, 0.29) is 22.6 Å². The lowest BCUT2D eigenvalue weighted by Crippen LogP contribution is -2.46. The number of carbonyl (C=O) groups is 2. The lowest BCUT2D eigenvalue weighted by atomic mass is 10.1. The van der Waals surface area contributed by atoms with Crippen molar-refractivity contribution in [1.82, 2.24) is 9.62 Å². The van der Waals surface area contributed by atoms with Crippen LogP contribution >= 0.6 is 0 Å². The first-order valence-electron chi connectivity index (χ1n) is 7.74. The van der Waals surface area contributed by atoms with E-state index < -0.39 is 10.0 Å². The zero-order chi connectivity index (χ0) is 17.0. The first kappa shape index (κ1) is 17.6. The van der Waals surface area contributed by atoms with E-state index >= 15 is 0 Å². The predicted molar refractivity (Wildman–Crippen MR) is 86.7 cm³/mol. The van der Waals surface area contributed by atoms with Gasteiger partial charge in [0.2, 0.25) is 15.9 Å². The van der Waals surface area contributed by atoms with Crippen molar-refractivity contribution in [3.05, 3.63) is 29.8 Å². The highest BCUT2D eigenvalue weighted by atomic mass is 32.2. The van der Waals surface area contributed by atoms with Gasteiger partial charge in [0.15, 0.2) is 5.78 Å². The summed E-state index contributed by atoms with van der Waals surface area (Å²) in [5.74, 6) is 0.000925. The molecule has 0 bridgehead atoms. The van der Waals surface area contributed by atoms with Crippen LogP contribution in [0.4, 0.5) is 0 Å². The first-order chi connectivity index (χ1) is 10.8. The fourth-order valence-corrected chi connectivity index (χ4v) is 3.93. The molecule has 0 radical (unpaired) electrons. The van der Waals surface area contributed by atoms with Gasteiger partial charge in [-0.15, -0.1) is 0 Å². The van der Waals surface area contributed by atoms with Crippen LogP contribution in [0.5, 0.6) is 0 Å². The first-order valence-corrected chi connectivity index (χ1v) is 9.23. The van der Waals surface area contributed by atoms with Crippen molar-refractivity contribution in [3.63, 3.8) is 0 Å². The maximum atomic E-state index is 12.4. The molecule has 1 saturated heterocycles. The molecular weight excluding hydrogens is 316 g/mol. The minimum Gasteiger partial charge on any atom is -0.343 e. The van der Waals surface area contributed by atoms with Crippen LogP contribution < -0.4 is 4.72 Å². The van der Waals surface area contributed by atoms with Crippen molar-refractivity contribution in [2.24, 2.45) is 0 Å². The maximum absolute atomic E-state index is 12.4. The summed E-state index contributed by atoms with van der Waals surface area (Å²) in [6.07, 6.45) is 1.69. The van der Waals surface area contributed by atoms with E-state index in [2.05, 4.69) is 4.72 Å². The second-order valence-electron chi connectivity index (χ2n) is 5.71. The van der Waals surface area contributed by atoms with Crippen molar-refractivity contribution in [1.29, 1.82) is 0 Å². The summed E-state index contributed by atoms with van der Waals surface area (Å²) in [6.45, 7) is 4.40. The number of hydrogen-bond acceptors (Lipinski definition) is 4. The number of likely N-dealkylation sites (tertiary alicyclic amines) is 1. The maximum Gasteiger partial charge on any atom is 0.240 e. The number of hydrogen-bond donors (Lipinski definition) is 1.